The summed E-state index contributed by atoms with van der Waals surface area (Å²) in [6.45, 7) is 3.24. The van der Waals surface area contributed by atoms with E-state index in [4.69, 9.17) is 24.3 Å². The number of unbranched alkanes of at least 4 members (excludes halogenated alkanes) is 7. The van der Waals surface area contributed by atoms with Crippen molar-refractivity contribution in [1.29, 1.82) is 0 Å². The number of rotatable bonds is 38. The summed E-state index contributed by atoms with van der Waals surface area (Å²) in [5.74, 6) is -1.07. The van der Waals surface area contributed by atoms with Crippen LogP contribution in [0.3, 0.4) is 0 Å². The number of phosphoric ester groups is 1. The van der Waals surface area contributed by atoms with E-state index in [9.17, 15) is 29.3 Å². The third-order valence-electron chi connectivity index (χ3n) is 8.32. The fourth-order valence-corrected chi connectivity index (χ4v) is 5.85. The maximum atomic E-state index is 12.6. The Balaban J connectivity index is 4.50. The Bertz CT molecular complexity index is 1360. The van der Waals surface area contributed by atoms with Crippen molar-refractivity contribution in [3.05, 3.63) is 109 Å². The number of carbonyl (C=O) groups excluding carboxylic acids is 2. The van der Waals surface area contributed by atoms with E-state index >= 15 is 0 Å². The van der Waals surface area contributed by atoms with E-state index < -0.39 is 44.7 Å². The summed E-state index contributed by atoms with van der Waals surface area (Å²) >= 11 is 0. The summed E-state index contributed by atoms with van der Waals surface area (Å²) in [5.41, 5.74) is 5.33. The number of ether oxygens (including phenoxy) is 2. The summed E-state index contributed by atoms with van der Waals surface area (Å²) in [5, 5.41) is 19.9. The van der Waals surface area contributed by atoms with Crippen LogP contribution in [0.1, 0.15) is 129 Å². The molecule has 0 saturated heterocycles. The van der Waals surface area contributed by atoms with Crippen molar-refractivity contribution in [2.45, 2.75) is 148 Å². The van der Waals surface area contributed by atoms with Crippen LogP contribution in [0.25, 0.3) is 0 Å². The van der Waals surface area contributed by atoms with Crippen LogP contribution in [-0.2, 0) is 32.7 Å². The average molecular weight is 846 g/mol. The van der Waals surface area contributed by atoms with Gasteiger partial charge in [0.25, 0.3) is 0 Å². The number of carbonyl (C=O) groups is 2. The zero-order valence-electron chi connectivity index (χ0n) is 35.9. The first-order chi connectivity index (χ1) is 28.6. The van der Waals surface area contributed by atoms with E-state index in [1.807, 2.05) is 49.5 Å². The second-order valence-corrected chi connectivity index (χ2v) is 15.3. The van der Waals surface area contributed by atoms with Crippen LogP contribution in [0.2, 0.25) is 0 Å². The molecule has 1 unspecified atom stereocenters. The van der Waals surface area contributed by atoms with Crippen LogP contribution in [0.5, 0.6) is 0 Å². The van der Waals surface area contributed by atoms with Gasteiger partial charge in [-0.3, -0.25) is 18.6 Å². The lowest BCUT2D eigenvalue weighted by Gasteiger charge is -2.19. The molecule has 334 valence electrons. The van der Waals surface area contributed by atoms with E-state index in [1.54, 1.807) is 36.5 Å². The second kappa shape index (κ2) is 41.3. The third-order valence-corrected chi connectivity index (χ3v) is 9.31. The largest absolute Gasteiger partial charge is 0.472 e. The lowest BCUT2D eigenvalue weighted by Crippen LogP contribution is -2.29. The lowest BCUT2D eigenvalue weighted by molar-refractivity contribution is -0.161. The van der Waals surface area contributed by atoms with Crippen LogP contribution >= 0.6 is 7.82 Å². The average Bonchev–Trinajstić information content (AvgIpc) is 3.21. The highest BCUT2D eigenvalue weighted by molar-refractivity contribution is 7.47. The molecular formula is C47H76NO10P. The first-order valence-corrected chi connectivity index (χ1v) is 23.1. The zero-order valence-corrected chi connectivity index (χ0v) is 36.8. The Morgan fingerprint density at radius 2 is 1.15 bits per heavy atom. The minimum absolute atomic E-state index is 0.0133. The molecule has 0 aromatic rings. The molecule has 0 aromatic carbocycles. The minimum Gasteiger partial charge on any atom is -0.462 e. The molecule has 0 aliphatic rings. The molecule has 59 heavy (non-hydrogen) atoms. The number of hydrogen-bond donors (Lipinski definition) is 4. The summed E-state index contributed by atoms with van der Waals surface area (Å²) in [6.07, 6.45) is 47.8. The lowest BCUT2D eigenvalue weighted by atomic mass is 10.1. The highest BCUT2D eigenvalue weighted by atomic mass is 31.2. The molecule has 0 aromatic heterocycles. The van der Waals surface area contributed by atoms with Crippen molar-refractivity contribution < 1.29 is 47.8 Å². The van der Waals surface area contributed by atoms with Gasteiger partial charge in [-0.05, 0) is 70.6 Å². The Labute approximate surface area is 355 Å². The molecule has 0 heterocycles. The molecular weight excluding hydrogens is 769 g/mol. The quantitative estimate of drug-likeness (QED) is 0.0153. The Morgan fingerprint density at radius 1 is 0.610 bits per heavy atom. The second-order valence-electron chi connectivity index (χ2n) is 13.9. The number of nitrogens with two attached hydrogens (primary N) is 1. The van der Waals surface area contributed by atoms with Gasteiger partial charge in [-0.15, -0.1) is 0 Å². The van der Waals surface area contributed by atoms with Gasteiger partial charge in [0.05, 0.1) is 25.4 Å². The molecule has 5 N–H and O–H groups in total. The van der Waals surface area contributed by atoms with Crippen LogP contribution in [-0.4, -0.2) is 71.7 Å². The molecule has 0 radical (unpaired) electrons. The van der Waals surface area contributed by atoms with Gasteiger partial charge in [0.15, 0.2) is 6.10 Å². The maximum absolute atomic E-state index is 12.6. The van der Waals surface area contributed by atoms with Crippen molar-refractivity contribution in [2.75, 3.05) is 26.4 Å². The molecule has 0 aliphatic heterocycles. The first kappa shape index (κ1) is 55.6. The normalized spacial score (nSPS) is 15.4. The van der Waals surface area contributed by atoms with Gasteiger partial charge in [0.1, 0.15) is 6.61 Å². The Morgan fingerprint density at radius 3 is 1.76 bits per heavy atom. The van der Waals surface area contributed by atoms with Crippen molar-refractivity contribution in [3.8, 4) is 0 Å². The van der Waals surface area contributed by atoms with E-state index in [1.165, 1.54) is 38.5 Å². The van der Waals surface area contributed by atoms with Gasteiger partial charge in [-0.2, -0.15) is 0 Å². The van der Waals surface area contributed by atoms with Crippen LogP contribution in [0.4, 0.5) is 0 Å². The smallest absolute Gasteiger partial charge is 0.462 e. The van der Waals surface area contributed by atoms with Crippen molar-refractivity contribution in [3.63, 3.8) is 0 Å². The number of allylic oxidation sites excluding steroid dienone is 14. The summed E-state index contributed by atoms with van der Waals surface area (Å²) in [4.78, 5) is 34.8. The standard InChI is InChI=1S/C47H76NO10P/c1-3-5-7-8-9-10-11-12-13-14-15-16-17-18-19-24-32-38-47(52)58-45(42-57-59(53,54)56-40-39-48)41-55-46(51)37-31-23-21-20-22-28-34-44(50)36-30-26-25-29-35-43(49)33-27-6-4-2/h6,12-13,15-16,18-19,21-23,25-30,35-36,43-45,49-50H,3-5,7-11,14,17,20,24,31-34,37-42,48H2,1-2H3,(H,53,54)/b13-12-,16-15-,19-18-,23-21-,26-25-,27-6-,28-22-,35-29+,36-30+/t43-,44+,45-/m1/s1. The highest BCUT2D eigenvalue weighted by Gasteiger charge is 2.25. The van der Waals surface area contributed by atoms with Gasteiger partial charge < -0.3 is 30.3 Å². The predicted octanol–water partition coefficient (Wildman–Crippen LogP) is 10.3. The number of esters is 2. The number of phosphoric acid groups is 1. The van der Waals surface area contributed by atoms with E-state index in [0.29, 0.717) is 38.5 Å². The third kappa shape index (κ3) is 41.1. The van der Waals surface area contributed by atoms with Crippen molar-refractivity contribution >= 4 is 19.8 Å². The van der Waals surface area contributed by atoms with Crippen LogP contribution < -0.4 is 5.73 Å². The van der Waals surface area contributed by atoms with Crippen LogP contribution in [0.15, 0.2) is 109 Å². The number of aliphatic hydroxyl groups excluding tert-OH is 2. The van der Waals surface area contributed by atoms with E-state index in [-0.39, 0.29) is 32.6 Å². The minimum atomic E-state index is -4.44. The van der Waals surface area contributed by atoms with Gasteiger partial charge >= 0.3 is 19.8 Å². The van der Waals surface area contributed by atoms with E-state index in [2.05, 4.69) is 37.3 Å². The van der Waals surface area contributed by atoms with Crippen molar-refractivity contribution in [2.24, 2.45) is 5.73 Å². The summed E-state index contributed by atoms with van der Waals surface area (Å²) in [6, 6.07) is 0. The SMILES string of the molecule is CC/C=C\C[C@@H](O)/C=C/C=C\C=C\[C@@H](O)C/C=C\C/C=C\CCC(=O)OC[C@H](COP(=O)(O)OCCN)OC(=O)CCC/C=C\C/C=C\C/C=C\CCCCCCCC. The maximum Gasteiger partial charge on any atom is 0.472 e. The molecule has 4 atom stereocenters. The number of aliphatic hydroxyl groups is 2. The van der Waals surface area contributed by atoms with Crippen LogP contribution in [0, 0.1) is 0 Å². The molecule has 0 aliphatic carbocycles. The van der Waals surface area contributed by atoms with Gasteiger partial charge in [-0.25, -0.2) is 4.57 Å². The van der Waals surface area contributed by atoms with Gasteiger partial charge in [0.2, 0.25) is 0 Å². The fourth-order valence-electron chi connectivity index (χ4n) is 5.08. The monoisotopic (exact) mass is 846 g/mol. The molecule has 0 rings (SSSR count). The Kier molecular flexibility index (Phi) is 38.9. The summed E-state index contributed by atoms with van der Waals surface area (Å²) in [7, 11) is -4.44. The highest BCUT2D eigenvalue weighted by Crippen LogP contribution is 2.43. The van der Waals surface area contributed by atoms with Gasteiger partial charge in [-0.1, -0.05) is 155 Å². The van der Waals surface area contributed by atoms with Crippen molar-refractivity contribution in [1.82, 2.24) is 0 Å². The summed E-state index contributed by atoms with van der Waals surface area (Å²) < 4.78 is 32.6. The molecule has 0 fully saturated rings. The molecule has 0 saturated carbocycles. The first-order valence-electron chi connectivity index (χ1n) is 21.6. The Hall–Kier alpha value is -3.41. The zero-order chi connectivity index (χ0) is 43.5. The van der Waals surface area contributed by atoms with E-state index in [0.717, 1.165) is 25.7 Å². The predicted molar refractivity (Wildman–Crippen MR) is 240 cm³/mol. The topological polar surface area (TPSA) is 175 Å². The molecule has 0 amide bonds. The van der Waals surface area contributed by atoms with Gasteiger partial charge in [0, 0.05) is 19.4 Å². The fraction of sp³-hybridized carbons (Fsp3) is 0.574. The number of hydrogen-bond acceptors (Lipinski definition) is 10. The molecule has 0 bridgehead atoms. The molecule has 0 spiro atoms. The molecule has 12 heteroatoms. The molecule has 11 nitrogen and oxygen atoms in total.